The molecule has 3 nitrogen and oxygen atoms in total. The van der Waals surface area contributed by atoms with Crippen LogP contribution in [0.25, 0.3) is 0 Å². The molecular weight excluding hydrogens is 270 g/mol. The molecule has 4 heteroatoms. The Morgan fingerprint density at radius 1 is 1.25 bits per heavy atom. The van der Waals surface area contributed by atoms with E-state index in [4.69, 9.17) is 9.47 Å². The van der Waals surface area contributed by atoms with Crippen LogP contribution in [0.1, 0.15) is 42.8 Å². The molecule has 0 saturated heterocycles. The van der Waals surface area contributed by atoms with Gasteiger partial charge >= 0.3 is 0 Å². The minimum Gasteiger partial charge on any atom is -0.454 e. The molecule has 0 bridgehead atoms. The molecule has 3 rings (SSSR count). The van der Waals surface area contributed by atoms with Gasteiger partial charge in [-0.05, 0) is 42.5 Å². The lowest BCUT2D eigenvalue weighted by Gasteiger charge is -2.22. The Balaban J connectivity index is 1.74. The normalized spacial score (nSPS) is 16.1. The molecule has 0 fully saturated rings. The SMILES string of the molecule is CCC(NC(C)c1ccc2c(c1)OCO2)c1cccs1. The summed E-state index contributed by atoms with van der Waals surface area (Å²) < 4.78 is 10.8. The minimum atomic E-state index is 0.275. The molecule has 106 valence electrons. The van der Waals surface area contributed by atoms with E-state index in [0.29, 0.717) is 12.8 Å². The van der Waals surface area contributed by atoms with Gasteiger partial charge in [0.15, 0.2) is 11.5 Å². The van der Waals surface area contributed by atoms with Gasteiger partial charge < -0.3 is 14.8 Å². The van der Waals surface area contributed by atoms with Gasteiger partial charge in [-0.2, -0.15) is 0 Å². The van der Waals surface area contributed by atoms with Crippen LogP contribution in [-0.4, -0.2) is 6.79 Å². The van der Waals surface area contributed by atoms with Gasteiger partial charge in [-0.25, -0.2) is 0 Å². The molecule has 0 saturated carbocycles. The molecule has 0 aliphatic carbocycles. The Morgan fingerprint density at radius 2 is 2.10 bits per heavy atom. The molecule has 0 amide bonds. The van der Waals surface area contributed by atoms with Crippen molar-refractivity contribution in [1.29, 1.82) is 0 Å². The summed E-state index contributed by atoms with van der Waals surface area (Å²) in [4.78, 5) is 1.39. The summed E-state index contributed by atoms with van der Waals surface area (Å²) in [5.74, 6) is 1.69. The summed E-state index contributed by atoms with van der Waals surface area (Å²) in [5.41, 5.74) is 1.23. The number of ether oxygens (including phenoxy) is 2. The van der Waals surface area contributed by atoms with Crippen LogP contribution < -0.4 is 14.8 Å². The maximum Gasteiger partial charge on any atom is 0.231 e. The molecule has 0 spiro atoms. The van der Waals surface area contributed by atoms with Gasteiger partial charge in [-0.1, -0.05) is 19.1 Å². The van der Waals surface area contributed by atoms with E-state index < -0.39 is 0 Å². The third-order valence-corrected chi connectivity index (χ3v) is 4.63. The van der Waals surface area contributed by atoms with Crippen molar-refractivity contribution >= 4 is 11.3 Å². The number of fused-ring (bicyclic) bond motifs is 1. The first-order chi connectivity index (χ1) is 9.78. The largest absolute Gasteiger partial charge is 0.454 e. The highest BCUT2D eigenvalue weighted by atomic mass is 32.1. The highest BCUT2D eigenvalue weighted by Gasteiger charge is 2.18. The van der Waals surface area contributed by atoms with Crippen LogP contribution in [0.5, 0.6) is 11.5 Å². The smallest absolute Gasteiger partial charge is 0.231 e. The standard InChI is InChI=1S/C16H19NO2S/c1-3-13(16-5-4-8-20-16)17-11(2)12-6-7-14-15(9-12)19-10-18-14/h4-9,11,13,17H,3,10H2,1-2H3. The topological polar surface area (TPSA) is 30.5 Å². The predicted octanol–water partition coefficient (Wildman–Crippen LogP) is 4.28. The van der Waals surface area contributed by atoms with Gasteiger partial charge in [0.25, 0.3) is 0 Å². The summed E-state index contributed by atoms with van der Waals surface area (Å²) in [7, 11) is 0. The van der Waals surface area contributed by atoms with Crippen molar-refractivity contribution < 1.29 is 9.47 Å². The first-order valence-corrected chi connectivity index (χ1v) is 7.85. The molecule has 2 aromatic rings. The molecule has 2 unspecified atom stereocenters. The second kappa shape index (κ2) is 5.85. The Hall–Kier alpha value is -1.52. The van der Waals surface area contributed by atoms with Crippen molar-refractivity contribution in [2.45, 2.75) is 32.4 Å². The van der Waals surface area contributed by atoms with Crippen LogP contribution in [0.2, 0.25) is 0 Å². The van der Waals surface area contributed by atoms with Gasteiger partial charge in [-0.3, -0.25) is 0 Å². The monoisotopic (exact) mass is 289 g/mol. The van der Waals surface area contributed by atoms with Gasteiger partial charge in [0.2, 0.25) is 6.79 Å². The Bertz CT molecular complexity index is 568. The average molecular weight is 289 g/mol. The summed E-state index contributed by atoms with van der Waals surface area (Å²) in [6.07, 6.45) is 1.08. The van der Waals surface area contributed by atoms with E-state index >= 15 is 0 Å². The molecule has 0 radical (unpaired) electrons. The lowest BCUT2D eigenvalue weighted by atomic mass is 10.1. The molecule has 1 aromatic heterocycles. The van der Waals surface area contributed by atoms with Crippen LogP contribution in [-0.2, 0) is 0 Å². The van der Waals surface area contributed by atoms with Crippen LogP contribution in [0.15, 0.2) is 35.7 Å². The maximum atomic E-state index is 5.44. The summed E-state index contributed by atoms with van der Waals surface area (Å²) in [6.45, 7) is 4.73. The van der Waals surface area contributed by atoms with Gasteiger partial charge in [0, 0.05) is 17.0 Å². The number of rotatable bonds is 5. The summed E-state index contributed by atoms with van der Waals surface area (Å²) >= 11 is 1.81. The molecule has 20 heavy (non-hydrogen) atoms. The van der Waals surface area contributed by atoms with E-state index in [9.17, 15) is 0 Å². The zero-order valence-corrected chi connectivity index (χ0v) is 12.6. The van der Waals surface area contributed by atoms with E-state index in [1.807, 2.05) is 6.07 Å². The maximum absolute atomic E-state index is 5.44. The fraction of sp³-hybridized carbons (Fsp3) is 0.375. The molecule has 2 atom stereocenters. The quantitative estimate of drug-likeness (QED) is 0.891. The van der Waals surface area contributed by atoms with Gasteiger partial charge in [-0.15, -0.1) is 11.3 Å². The second-order valence-electron chi connectivity index (χ2n) is 4.98. The second-order valence-corrected chi connectivity index (χ2v) is 5.96. The van der Waals surface area contributed by atoms with E-state index in [0.717, 1.165) is 17.9 Å². The highest BCUT2D eigenvalue weighted by Crippen LogP contribution is 2.35. The summed E-state index contributed by atoms with van der Waals surface area (Å²) in [6, 6.07) is 11.1. The van der Waals surface area contributed by atoms with Crippen LogP contribution in [0.4, 0.5) is 0 Å². The fourth-order valence-corrected chi connectivity index (χ4v) is 3.34. The molecule has 1 aliphatic rings. The van der Waals surface area contributed by atoms with Crippen molar-refractivity contribution in [3.8, 4) is 11.5 Å². The number of hydrogen-bond acceptors (Lipinski definition) is 4. The first-order valence-electron chi connectivity index (χ1n) is 6.97. The van der Waals surface area contributed by atoms with E-state index in [1.165, 1.54) is 10.4 Å². The first kappa shape index (κ1) is 13.5. The van der Waals surface area contributed by atoms with E-state index in [1.54, 1.807) is 11.3 Å². The van der Waals surface area contributed by atoms with E-state index in [2.05, 4.69) is 48.8 Å². The van der Waals surface area contributed by atoms with Gasteiger partial charge in [0.05, 0.1) is 0 Å². The van der Waals surface area contributed by atoms with Crippen LogP contribution in [0, 0.1) is 0 Å². The number of hydrogen-bond donors (Lipinski definition) is 1. The Kier molecular flexibility index (Phi) is 3.94. The third kappa shape index (κ3) is 2.67. The van der Waals surface area contributed by atoms with E-state index in [-0.39, 0.29) is 6.04 Å². The molecule has 1 N–H and O–H groups in total. The van der Waals surface area contributed by atoms with Crippen LogP contribution >= 0.6 is 11.3 Å². The zero-order valence-electron chi connectivity index (χ0n) is 11.8. The predicted molar refractivity (Wildman–Crippen MR) is 81.5 cm³/mol. The lowest BCUT2D eigenvalue weighted by Crippen LogP contribution is -2.23. The molecule has 1 aromatic carbocycles. The van der Waals surface area contributed by atoms with Crippen molar-refractivity contribution in [2.75, 3.05) is 6.79 Å². The molecule has 2 heterocycles. The summed E-state index contributed by atoms with van der Waals surface area (Å²) in [5, 5.41) is 5.82. The van der Waals surface area contributed by atoms with Crippen molar-refractivity contribution in [3.05, 3.63) is 46.2 Å². The fourth-order valence-electron chi connectivity index (χ4n) is 2.47. The minimum absolute atomic E-state index is 0.275. The highest BCUT2D eigenvalue weighted by molar-refractivity contribution is 7.10. The third-order valence-electron chi connectivity index (χ3n) is 3.64. The zero-order chi connectivity index (χ0) is 13.9. The number of benzene rings is 1. The number of thiophene rings is 1. The lowest BCUT2D eigenvalue weighted by molar-refractivity contribution is 0.174. The molecular formula is C16H19NO2S. The molecule has 1 aliphatic heterocycles. The average Bonchev–Trinajstić information content (AvgIpc) is 3.14. The van der Waals surface area contributed by atoms with Crippen molar-refractivity contribution in [2.24, 2.45) is 0 Å². The van der Waals surface area contributed by atoms with Gasteiger partial charge in [0.1, 0.15) is 0 Å². The van der Waals surface area contributed by atoms with Crippen molar-refractivity contribution in [3.63, 3.8) is 0 Å². The number of nitrogens with one attached hydrogen (secondary N) is 1. The Morgan fingerprint density at radius 3 is 2.85 bits per heavy atom. The Labute approximate surface area is 123 Å². The van der Waals surface area contributed by atoms with Crippen molar-refractivity contribution in [1.82, 2.24) is 5.32 Å². The van der Waals surface area contributed by atoms with Crippen LogP contribution in [0.3, 0.4) is 0 Å².